The molecule has 0 aromatic rings. The molecule has 3 heteroatoms. The predicted octanol–water partition coefficient (Wildman–Crippen LogP) is 3.34. The van der Waals surface area contributed by atoms with Gasteiger partial charge in [0.15, 0.2) is 0 Å². The maximum absolute atomic E-state index is 10.0. The van der Waals surface area contributed by atoms with Gasteiger partial charge in [-0.05, 0) is 31.9 Å². The highest BCUT2D eigenvalue weighted by Gasteiger charge is 2.66. The van der Waals surface area contributed by atoms with Crippen LogP contribution in [0.4, 0.5) is 0 Å². The quantitative estimate of drug-likeness (QED) is 0.487. The molecule has 2 atom stereocenters. The second kappa shape index (κ2) is 6.69. The van der Waals surface area contributed by atoms with Gasteiger partial charge < -0.3 is 14.6 Å². The molecule has 0 aromatic carbocycles. The molecule has 1 saturated heterocycles. The number of rotatable bonds is 10. The van der Waals surface area contributed by atoms with Gasteiger partial charge in [-0.2, -0.15) is 0 Å². The van der Waals surface area contributed by atoms with Crippen LogP contribution in [0.3, 0.4) is 0 Å². The van der Waals surface area contributed by atoms with Gasteiger partial charge in [-0.25, -0.2) is 0 Å². The third-order valence-electron chi connectivity index (χ3n) is 3.99. The first kappa shape index (κ1) is 14.8. The minimum absolute atomic E-state index is 0.406. The highest BCUT2D eigenvalue weighted by Crippen LogP contribution is 2.53. The fourth-order valence-electron chi connectivity index (χ4n) is 2.73. The van der Waals surface area contributed by atoms with E-state index in [2.05, 4.69) is 0 Å². The zero-order valence-corrected chi connectivity index (χ0v) is 11.9. The van der Waals surface area contributed by atoms with E-state index in [1.807, 2.05) is 25.2 Å². The average Bonchev–Trinajstić information content (AvgIpc) is 3.03. The molecule has 0 amide bonds. The van der Waals surface area contributed by atoms with Gasteiger partial charge in [-0.15, -0.1) is 0 Å². The lowest BCUT2D eigenvalue weighted by Gasteiger charge is -2.12. The maximum atomic E-state index is 10.0. The van der Waals surface area contributed by atoms with Crippen LogP contribution in [0.2, 0.25) is 0 Å². The molecule has 19 heavy (non-hydrogen) atoms. The van der Waals surface area contributed by atoms with E-state index < -0.39 is 11.4 Å². The first-order valence-electron chi connectivity index (χ1n) is 7.60. The monoisotopic (exact) mass is 266 g/mol. The molecule has 1 heterocycles. The van der Waals surface area contributed by atoms with E-state index in [-0.39, 0.29) is 0 Å². The highest BCUT2D eigenvalue weighted by atomic mass is 16.7. The Morgan fingerprint density at radius 1 is 1.00 bits per heavy atom. The summed E-state index contributed by atoms with van der Waals surface area (Å²) in [5.41, 5.74) is -0.406. The van der Waals surface area contributed by atoms with E-state index in [0.717, 1.165) is 26.1 Å². The Hall–Kier alpha value is -0.640. The molecule has 2 aliphatic rings. The Morgan fingerprint density at radius 2 is 1.68 bits per heavy atom. The van der Waals surface area contributed by atoms with Crippen LogP contribution in [0.15, 0.2) is 24.3 Å². The summed E-state index contributed by atoms with van der Waals surface area (Å²) in [5.74, 6) is -1.00. The van der Waals surface area contributed by atoms with Gasteiger partial charge in [-0.3, -0.25) is 0 Å². The van der Waals surface area contributed by atoms with Crippen LogP contribution in [-0.2, 0) is 9.47 Å². The van der Waals surface area contributed by atoms with Crippen LogP contribution in [0.5, 0.6) is 0 Å². The van der Waals surface area contributed by atoms with Crippen molar-refractivity contribution in [1.29, 1.82) is 0 Å². The summed E-state index contributed by atoms with van der Waals surface area (Å²) in [6.45, 7) is 3.76. The number of unbranched alkanes of at least 4 members (excludes halogenated alkanes) is 5. The van der Waals surface area contributed by atoms with Crippen molar-refractivity contribution in [3.63, 3.8) is 0 Å². The number of hydrogen-bond donors (Lipinski definition) is 1. The number of aliphatic hydroxyl groups is 1. The Morgan fingerprint density at radius 3 is 2.42 bits per heavy atom. The first-order valence-corrected chi connectivity index (χ1v) is 7.60. The van der Waals surface area contributed by atoms with Crippen molar-refractivity contribution >= 4 is 0 Å². The van der Waals surface area contributed by atoms with E-state index in [1.165, 1.54) is 32.1 Å². The van der Waals surface area contributed by atoms with Gasteiger partial charge in [0.05, 0.1) is 0 Å². The third kappa shape index (κ3) is 3.68. The Bertz CT molecular complexity index is 337. The van der Waals surface area contributed by atoms with Gasteiger partial charge in [0.2, 0.25) is 5.79 Å². The first-order chi connectivity index (χ1) is 9.22. The third-order valence-corrected chi connectivity index (χ3v) is 3.99. The van der Waals surface area contributed by atoms with Gasteiger partial charge in [0, 0.05) is 13.2 Å². The molecule has 108 valence electrons. The average molecular weight is 266 g/mol. The standard InChI is InChI=1S/C16H26O3/c1-2-18-14-10-6-4-3-5-7-11-15-12-8-9-13-16(15,17)19-15/h8-9,12-13,17H,2-7,10-11,14H2,1H3. The van der Waals surface area contributed by atoms with Gasteiger partial charge in [0.1, 0.15) is 5.60 Å². The molecule has 0 saturated carbocycles. The summed E-state index contributed by atoms with van der Waals surface area (Å²) in [7, 11) is 0. The van der Waals surface area contributed by atoms with Crippen molar-refractivity contribution in [3.05, 3.63) is 24.3 Å². The number of ether oxygens (including phenoxy) is 2. The molecular formula is C16H26O3. The molecule has 1 fully saturated rings. The van der Waals surface area contributed by atoms with Gasteiger partial charge in [-0.1, -0.05) is 44.3 Å². The van der Waals surface area contributed by atoms with E-state index in [9.17, 15) is 5.11 Å². The SMILES string of the molecule is CCOCCCCCCCCC12C=CC=CC1(O)O2. The van der Waals surface area contributed by atoms with Crippen LogP contribution in [0, 0.1) is 0 Å². The zero-order valence-electron chi connectivity index (χ0n) is 11.9. The topological polar surface area (TPSA) is 42.0 Å². The maximum Gasteiger partial charge on any atom is 0.220 e. The molecular weight excluding hydrogens is 240 g/mol. The fourth-order valence-corrected chi connectivity index (χ4v) is 2.73. The van der Waals surface area contributed by atoms with Crippen molar-refractivity contribution in [2.75, 3.05) is 13.2 Å². The van der Waals surface area contributed by atoms with E-state index >= 15 is 0 Å². The van der Waals surface area contributed by atoms with Crippen LogP contribution in [0.25, 0.3) is 0 Å². The molecule has 0 bridgehead atoms. The minimum atomic E-state index is -1.00. The molecule has 0 radical (unpaired) electrons. The molecule has 0 spiro atoms. The number of hydrogen-bond acceptors (Lipinski definition) is 3. The summed E-state index contributed by atoms with van der Waals surface area (Å²) in [6.07, 6.45) is 15.8. The van der Waals surface area contributed by atoms with Crippen molar-refractivity contribution in [3.8, 4) is 0 Å². The minimum Gasteiger partial charge on any atom is -0.382 e. The Kier molecular flexibility index (Phi) is 5.20. The van der Waals surface area contributed by atoms with Crippen molar-refractivity contribution < 1.29 is 14.6 Å². The van der Waals surface area contributed by atoms with Crippen LogP contribution in [-0.4, -0.2) is 29.7 Å². The van der Waals surface area contributed by atoms with Crippen LogP contribution in [0.1, 0.15) is 51.9 Å². The second-order valence-corrected chi connectivity index (χ2v) is 5.47. The molecule has 0 aromatic heterocycles. The van der Waals surface area contributed by atoms with Crippen molar-refractivity contribution in [1.82, 2.24) is 0 Å². The molecule has 3 nitrogen and oxygen atoms in total. The second-order valence-electron chi connectivity index (χ2n) is 5.47. The number of epoxide rings is 1. The summed E-state index contributed by atoms with van der Waals surface area (Å²) in [6, 6.07) is 0. The van der Waals surface area contributed by atoms with E-state index in [1.54, 1.807) is 6.08 Å². The smallest absolute Gasteiger partial charge is 0.220 e. The lowest BCUT2D eigenvalue weighted by molar-refractivity contribution is 0.0825. The normalized spacial score (nSPS) is 31.5. The molecule has 1 aliphatic carbocycles. The zero-order chi connectivity index (χ0) is 13.6. The van der Waals surface area contributed by atoms with Crippen LogP contribution < -0.4 is 0 Å². The Labute approximate surface area is 116 Å². The fraction of sp³-hybridized carbons (Fsp3) is 0.750. The van der Waals surface area contributed by atoms with Gasteiger partial charge >= 0.3 is 0 Å². The molecule has 2 rings (SSSR count). The summed E-state index contributed by atoms with van der Waals surface area (Å²) < 4.78 is 10.8. The molecule has 1 aliphatic heterocycles. The molecule has 2 unspecified atom stereocenters. The molecule has 1 N–H and O–H groups in total. The van der Waals surface area contributed by atoms with Crippen molar-refractivity contribution in [2.24, 2.45) is 0 Å². The summed E-state index contributed by atoms with van der Waals surface area (Å²) in [4.78, 5) is 0. The number of allylic oxidation sites excluding steroid dienone is 2. The number of fused-ring (bicyclic) bond motifs is 1. The largest absolute Gasteiger partial charge is 0.382 e. The highest BCUT2D eigenvalue weighted by molar-refractivity contribution is 5.35. The summed E-state index contributed by atoms with van der Waals surface area (Å²) >= 11 is 0. The lowest BCUT2D eigenvalue weighted by Crippen LogP contribution is -2.23. The van der Waals surface area contributed by atoms with E-state index in [4.69, 9.17) is 9.47 Å². The van der Waals surface area contributed by atoms with Gasteiger partial charge in [0.25, 0.3) is 0 Å². The summed E-state index contributed by atoms with van der Waals surface area (Å²) in [5, 5.41) is 10.0. The van der Waals surface area contributed by atoms with Crippen molar-refractivity contribution in [2.45, 2.75) is 63.3 Å². The van der Waals surface area contributed by atoms with Crippen LogP contribution >= 0.6 is 0 Å². The predicted molar refractivity (Wildman–Crippen MR) is 75.9 cm³/mol. The Balaban J connectivity index is 1.47. The van der Waals surface area contributed by atoms with E-state index in [0.29, 0.717) is 0 Å². The lowest BCUT2D eigenvalue weighted by atomic mass is 9.91.